The number of aromatic nitrogens is 5. The first-order chi connectivity index (χ1) is 19.2. The summed E-state index contributed by atoms with van der Waals surface area (Å²) >= 11 is 1.26. The Labute approximate surface area is 232 Å². The number of phenolic OH excluding ortho intramolecular Hbond substituents is 1. The number of nitrogens with zero attached hydrogens (tertiary/aromatic N) is 6. The number of aromatic hydroxyl groups is 1. The van der Waals surface area contributed by atoms with Crippen LogP contribution in [-0.2, 0) is 12.8 Å². The number of amides is 1. The molecule has 0 aliphatic heterocycles. The topological polar surface area (TPSA) is 149 Å². The van der Waals surface area contributed by atoms with E-state index in [-0.39, 0.29) is 28.5 Å². The van der Waals surface area contributed by atoms with Crippen LogP contribution >= 0.6 is 11.9 Å². The number of aryl methyl sites for hydroxylation is 3. The number of carbonyl (C=O) groups is 1. The van der Waals surface area contributed by atoms with Gasteiger partial charge < -0.3 is 15.2 Å². The lowest BCUT2D eigenvalue weighted by Crippen LogP contribution is -2.39. The average molecular weight is 559 g/mol. The maximum absolute atomic E-state index is 13.3. The monoisotopic (exact) mass is 558 g/mol. The van der Waals surface area contributed by atoms with Gasteiger partial charge in [0.25, 0.3) is 5.91 Å². The van der Waals surface area contributed by atoms with E-state index in [2.05, 4.69) is 21.0 Å². The summed E-state index contributed by atoms with van der Waals surface area (Å²) in [5.74, 6) is -0.220. The van der Waals surface area contributed by atoms with E-state index in [1.807, 2.05) is 32.0 Å². The third-order valence-corrected chi connectivity index (χ3v) is 7.19. The normalized spacial score (nSPS) is 11.0. The maximum Gasteiger partial charge on any atom is 0.311 e. The molecule has 12 nitrogen and oxygen atoms in total. The van der Waals surface area contributed by atoms with Crippen LogP contribution in [0.3, 0.4) is 0 Å². The van der Waals surface area contributed by atoms with Gasteiger partial charge in [-0.1, -0.05) is 47.3 Å². The van der Waals surface area contributed by atoms with Gasteiger partial charge in [-0.2, -0.15) is 0 Å². The second kappa shape index (κ2) is 11.0. The van der Waals surface area contributed by atoms with Crippen molar-refractivity contribution in [3.63, 3.8) is 0 Å². The number of hydrogen-bond donors (Lipinski definition) is 2. The van der Waals surface area contributed by atoms with Crippen LogP contribution in [0.4, 0.5) is 11.4 Å². The molecule has 0 aliphatic carbocycles. The summed E-state index contributed by atoms with van der Waals surface area (Å²) < 4.78 is 7.51. The summed E-state index contributed by atoms with van der Waals surface area (Å²) in [5.41, 5.74) is 2.81. The minimum Gasteiger partial charge on any atom is -0.506 e. The van der Waals surface area contributed by atoms with Crippen molar-refractivity contribution in [2.24, 2.45) is 7.05 Å². The fourth-order valence-electron chi connectivity index (χ4n) is 4.09. The lowest BCUT2D eigenvalue weighted by atomic mass is 10.0. The summed E-state index contributed by atoms with van der Waals surface area (Å²) in [6, 6.07) is 18.5. The molecular weight excluding hydrogens is 534 g/mol. The highest BCUT2D eigenvalue weighted by atomic mass is 32.2. The van der Waals surface area contributed by atoms with Crippen LogP contribution in [0.15, 0.2) is 66.7 Å². The van der Waals surface area contributed by atoms with Crippen molar-refractivity contribution in [1.29, 1.82) is 0 Å². The molecule has 0 bridgehead atoms. The second-order valence-corrected chi connectivity index (χ2v) is 9.91. The molecule has 0 saturated heterocycles. The second-order valence-electron chi connectivity index (χ2n) is 9.03. The Kier molecular flexibility index (Phi) is 7.29. The molecule has 0 saturated carbocycles. The first kappa shape index (κ1) is 26.6. The van der Waals surface area contributed by atoms with Crippen molar-refractivity contribution in [3.8, 4) is 17.2 Å². The standard InChI is InChI=1S/C27H23N7O5S/c1-16-8-9-17(2)22(12-16)28-27(36)21-14-25(19-6-4-5-7-20(19)26(21)35)39-24-11-10-18(13-23(24)33(37)38)15-40-34-31-29-30-32(34)3/h4-14H,15H2,1-3H3,(H-,28,35,36)/p+1. The SMILES string of the molecule is Cc1ccc(C)c(NC(=O)c2cc(Oc3ccc(CSn4nnn[n+]4C)cc3[N+](=O)[O-])c3ccccc3c2O)c1. The third-order valence-electron chi connectivity index (χ3n) is 6.18. The number of benzene rings is 4. The number of nitro groups is 1. The van der Waals surface area contributed by atoms with E-state index in [1.165, 1.54) is 39.1 Å². The van der Waals surface area contributed by atoms with Gasteiger partial charge in [0.2, 0.25) is 16.2 Å². The van der Waals surface area contributed by atoms with Crippen molar-refractivity contribution in [2.45, 2.75) is 19.6 Å². The quantitative estimate of drug-likeness (QED) is 0.158. The molecule has 0 atom stereocenters. The zero-order valence-electron chi connectivity index (χ0n) is 21.7. The Balaban J connectivity index is 1.50. The number of anilines is 1. The van der Waals surface area contributed by atoms with E-state index < -0.39 is 10.8 Å². The van der Waals surface area contributed by atoms with Crippen LogP contribution in [0.1, 0.15) is 27.0 Å². The molecule has 2 N–H and O–H groups in total. The average Bonchev–Trinajstić information content (AvgIpc) is 3.35. The van der Waals surface area contributed by atoms with Crippen molar-refractivity contribution < 1.29 is 24.4 Å². The molecule has 0 unspecified atom stereocenters. The number of nitrogens with one attached hydrogen (secondary N) is 1. The van der Waals surface area contributed by atoms with Crippen LogP contribution in [0.25, 0.3) is 10.8 Å². The molecular formula is C27H24N7O5S+. The summed E-state index contributed by atoms with van der Waals surface area (Å²) in [7, 11) is 1.67. The Morgan fingerprint density at radius 2 is 1.88 bits per heavy atom. The molecule has 0 fully saturated rings. The Bertz CT molecular complexity index is 1770. The van der Waals surface area contributed by atoms with E-state index in [0.717, 1.165) is 11.1 Å². The van der Waals surface area contributed by atoms with E-state index in [1.54, 1.807) is 37.4 Å². The smallest absolute Gasteiger partial charge is 0.311 e. The first-order valence-electron chi connectivity index (χ1n) is 12.1. The lowest BCUT2D eigenvalue weighted by Gasteiger charge is -2.15. The Morgan fingerprint density at radius 1 is 1.10 bits per heavy atom. The number of ether oxygens (including phenoxy) is 1. The predicted molar refractivity (Wildman–Crippen MR) is 148 cm³/mol. The first-order valence-corrected chi connectivity index (χ1v) is 13.0. The zero-order valence-corrected chi connectivity index (χ0v) is 22.5. The zero-order chi connectivity index (χ0) is 28.4. The summed E-state index contributed by atoms with van der Waals surface area (Å²) in [5, 5.41) is 37.8. The number of carbonyl (C=O) groups excluding carboxylic acids is 1. The molecule has 0 spiro atoms. The molecule has 40 heavy (non-hydrogen) atoms. The van der Waals surface area contributed by atoms with E-state index in [9.17, 15) is 20.0 Å². The van der Waals surface area contributed by atoms with Gasteiger partial charge in [0.05, 0.1) is 10.5 Å². The minimum atomic E-state index is -0.542. The van der Waals surface area contributed by atoms with E-state index >= 15 is 0 Å². The van der Waals surface area contributed by atoms with Gasteiger partial charge in [-0.15, -0.1) is 0 Å². The van der Waals surface area contributed by atoms with Crippen molar-refractivity contribution >= 4 is 40.0 Å². The molecule has 202 valence electrons. The number of fused-ring (bicyclic) bond motifs is 1. The van der Waals surface area contributed by atoms with Crippen LogP contribution in [0.2, 0.25) is 0 Å². The molecule has 13 heteroatoms. The molecule has 0 radical (unpaired) electrons. The highest BCUT2D eigenvalue weighted by Gasteiger charge is 2.23. The molecule has 4 aromatic carbocycles. The fraction of sp³-hybridized carbons (Fsp3) is 0.148. The van der Waals surface area contributed by atoms with E-state index in [4.69, 9.17) is 4.74 Å². The van der Waals surface area contributed by atoms with Crippen molar-refractivity contribution in [2.75, 3.05) is 5.32 Å². The molecule has 0 aliphatic rings. The van der Waals surface area contributed by atoms with Gasteiger partial charge in [0.15, 0.2) is 0 Å². The van der Waals surface area contributed by atoms with Crippen molar-refractivity contribution in [1.82, 2.24) is 19.8 Å². The van der Waals surface area contributed by atoms with Crippen molar-refractivity contribution in [3.05, 3.63) is 99.1 Å². The van der Waals surface area contributed by atoms with Crippen LogP contribution in [0.5, 0.6) is 17.2 Å². The molecule has 1 amide bonds. The molecule has 5 rings (SSSR count). The van der Waals surface area contributed by atoms with Gasteiger partial charge in [-0.05, 0) is 48.7 Å². The van der Waals surface area contributed by atoms with Gasteiger partial charge in [-0.25, -0.2) is 0 Å². The summed E-state index contributed by atoms with van der Waals surface area (Å²) in [6.45, 7) is 3.78. The van der Waals surface area contributed by atoms with Gasteiger partial charge in [0, 0.05) is 44.4 Å². The predicted octanol–water partition coefficient (Wildman–Crippen LogP) is 4.62. The van der Waals surface area contributed by atoms with Crippen LogP contribution in [0, 0.1) is 24.0 Å². The Hall–Kier alpha value is -5.04. The summed E-state index contributed by atoms with van der Waals surface area (Å²) in [6.07, 6.45) is 0. The van der Waals surface area contributed by atoms with Crippen LogP contribution in [-0.4, -0.2) is 35.8 Å². The number of rotatable bonds is 8. The largest absolute Gasteiger partial charge is 0.506 e. The highest BCUT2D eigenvalue weighted by molar-refractivity contribution is 7.96. The molecule has 5 aromatic rings. The third kappa shape index (κ3) is 5.40. The van der Waals surface area contributed by atoms with Gasteiger partial charge >= 0.3 is 5.69 Å². The molecule has 1 aromatic heterocycles. The number of phenols is 1. The Morgan fingerprint density at radius 3 is 2.60 bits per heavy atom. The van der Waals surface area contributed by atoms with Crippen LogP contribution < -0.4 is 14.9 Å². The maximum atomic E-state index is 13.3. The number of hydrogen-bond acceptors (Lipinski definition) is 9. The molecule has 1 heterocycles. The fourth-order valence-corrected chi connectivity index (χ4v) is 4.82. The van der Waals surface area contributed by atoms with Gasteiger partial charge in [0.1, 0.15) is 23.8 Å². The summed E-state index contributed by atoms with van der Waals surface area (Å²) in [4.78, 5) is 26.2. The van der Waals surface area contributed by atoms with Gasteiger partial charge in [-0.3, -0.25) is 14.9 Å². The highest BCUT2D eigenvalue weighted by Crippen LogP contribution is 2.41. The minimum absolute atomic E-state index is 0.0107. The number of nitro benzene ring substituents is 1. The lowest BCUT2D eigenvalue weighted by molar-refractivity contribution is -0.795. The van der Waals surface area contributed by atoms with E-state index in [0.29, 0.717) is 27.8 Å².